The summed E-state index contributed by atoms with van der Waals surface area (Å²) in [6.07, 6.45) is 2.05. The quantitative estimate of drug-likeness (QED) is 0.379. The molecule has 1 fully saturated rings. The number of ether oxygens (including phenoxy) is 1. The number of likely N-dealkylation sites (tertiary alicyclic amines) is 1. The second-order valence-electron chi connectivity index (χ2n) is 12.9. The molecule has 222 valence electrons. The van der Waals surface area contributed by atoms with Crippen molar-refractivity contribution in [1.29, 1.82) is 0 Å². The Morgan fingerprint density at radius 2 is 1.71 bits per heavy atom. The summed E-state index contributed by atoms with van der Waals surface area (Å²) in [6.45, 7) is 14.8. The summed E-state index contributed by atoms with van der Waals surface area (Å²) in [5.74, 6) is -2.15. The van der Waals surface area contributed by atoms with Crippen LogP contribution in [0.3, 0.4) is 0 Å². The monoisotopic (exact) mass is 565 g/mol. The summed E-state index contributed by atoms with van der Waals surface area (Å²) in [6, 6.07) is 10.4. The third kappa shape index (κ3) is 8.55. The standard InChI is InChI=1S/C32H43N3O6/c1-8-11-21-18-25(35(19-21)28(37)26(31(2,3)4)34-30(40)41-32(5,6)7)27(36)33-24(29(38)39)17-20-14-15-22-12-9-10-13-23(22)16-20/h8-10,12-16,21,24-26H,1,11,17-19H2,2-7H3,(H,33,36)(H,34,40)(H,38,39)/t21-,24?,25-,26+/m0/s1. The van der Waals surface area contributed by atoms with Crippen LogP contribution in [0.1, 0.15) is 59.9 Å². The average Bonchev–Trinajstić information content (AvgIpc) is 3.29. The van der Waals surface area contributed by atoms with E-state index in [-0.39, 0.29) is 18.9 Å². The van der Waals surface area contributed by atoms with Gasteiger partial charge in [0.2, 0.25) is 11.8 Å². The lowest BCUT2D eigenvalue weighted by Gasteiger charge is -2.36. The molecule has 2 aromatic rings. The van der Waals surface area contributed by atoms with Crippen LogP contribution < -0.4 is 10.6 Å². The molecule has 1 saturated heterocycles. The number of carbonyl (C=O) groups excluding carboxylic acids is 3. The summed E-state index contributed by atoms with van der Waals surface area (Å²) in [5, 5.41) is 17.4. The van der Waals surface area contributed by atoms with Crippen molar-refractivity contribution >= 4 is 34.6 Å². The number of fused-ring (bicyclic) bond motifs is 1. The van der Waals surface area contributed by atoms with Gasteiger partial charge < -0.3 is 25.4 Å². The van der Waals surface area contributed by atoms with Crippen molar-refractivity contribution in [2.75, 3.05) is 6.54 Å². The molecule has 0 aromatic heterocycles. The van der Waals surface area contributed by atoms with Gasteiger partial charge in [-0.25, -0.2) is 9.59 Å². The number of carbonyl (C=O) groups is 4. The Kier molecular flexibility index (Phi) is 9.84. The predicted octanol–water partition coefficient (Wildman–Crippen LogP) is 4.68. The highest BCUT2D eigenvalue weighted by Crippen LogP contribution is 2.31. The Bertz CT molecular complexity index is 1290. The maximum absolute atomic E-state index is 13.9. The summed E-state index contributed by atoms with van der Waals surface area (Å²) < 4.78 is 5.39. The lowest BCUT2D eigenvalue weighted by Crippen LogP contribution is -2.59. The molecule has 41 heavy (non-hydrogen) atoms. The predicted molar refractivity (Wildman–Crippen MR) is 158 cm³/mol. The van der Waals surface area contributed by atoms with E-state index in [1.54, 1.807) is 26.8 Å². The first-order chi connectivity index (χ1) is 19.1. The molecule has 3 amide bonds. The Balaban J connectivity index is 1.82. The average molecular weight is 566 g/mol. The summed E-state index contributed by atoms with van der Waals surface area (Å²) in [5.41, 5.74) is -0.669. The molecule has 3 rings (SSSR count). The number of alkyl carbamates (subject to hydrolysis) is 1. The molecule has 2 aromatic carbocycles. The van der Waals surface area contributed by atoms with Gasteiger partial charge in [-0.1, -0.05) is 69.3 Å². The zero-order valence-electron chi connectivity index (χ0n) is 24.9. The number of amides is 3. The molecule has 1 heterocycles. The van der Waals surface area contributed by atoms with Crippen molar-refractivity contribution in [2.45, 2.75) is 84.5 Å². The van der Waals surface area contributed by atoms with Gasteiger partial charge in [0.05, 0.1) is 0 Å². The second kappa shape index (κ2) is 12.7. The molecule has 0 radical (unpaired) electrons. The van der Waals surface area contributed by atoms with Gasteiger partial charge in [-0.05, 0) is 61.3 Å². The fraction of sp³-hybridized carbons (Fsp3) is 0.500. The largest absolute Gasteiger partial charge is 0.480 e. The number of hydrogen-bond donors (Lipinski definition) is 3. The Hall–Kier alpha value is -3.88. The summed E-state index contributed by atoms with van der Waals surface area (Å²) >= 11 is 0. The molecule has 9 nitrogen and oxygen atoms in total. The molecule has 0 saturated carbocycles. The molecule has 0 spiro atoms. The Morgan fingerprint density at radius 1 is 1.05 bits per heavy atom. The smallest absolute Gasteiger partial charge is 0.408 e. The zero-order valence-corrected chi connectivity index (χ0v) is 24.9. The highest BCUT2D eigenvalue weighted by Gasteiger charge is 2.45. The Labute approximate surface area is 242 Å². The van der Waals surface area contributed by atoms with Gasteiger partial charge in [-0.2, -0.15) is 0 Å². The fourth-order valence-electron chi connectivity index (χ4n) is 5.13. The number of carboxylic acid groups (broad SMARTS) is 1. The van der Waals surface area contributed by atoms with E-state index in [4.69, 9.17) is 4.74 Å². The maximum atomic E-state index is 13.9. The first-order valence-corrected chi connectivity index (χ1v) is 14.0. The van der Waals surface area contributed by atoms with E-state index in [0.29, 0.717) is 12.8 Å². The molecule has 0 aliphatic carbocycles. The van der Waals surface area contributed by atoms with Crippen LogP contribution in [-0.2, 0) is 25.5 Å². The van der Waals surface area contributed by atoms with Crippen molar-refractivity contribution in [3.05, 3.63) is 60.7 Å². The molecule has 1 unspecified atom stereocenters. The minimum absolute atomic E-state index is 0.0295. The van der Waals surface area contributed by atoms with Crippen molar-refractivity contribution < 1.29 is 29.0 Å². The van der Waals surface area contributed by atoms with Crippen LogP contribution in [0, 0.1) is 11.3 Å². The van der Waals surface area contributed by atoms with E-state index in [2.05, 4.69) is 17.2 Å². The molecular weight excluding hydrogens is 522 g/mol. The first-order valence-electron chi connectivity index (χ1n) is 14.0. The van der Waals surface area contributed by atoms with Crippen molar-refractivity contribution in [1.82, 2.24) is 15.5 Å². The molecule has 4 atom stereocenters. The number of aliphatic carboxylic acids is 1. The lowest BCUT2D eigenvalue weighted by molar-refractivity contribution is -0.145. The molecular formula is C32H43N3O6. The maximum Gasteiger partial charge on any atom is 0.408 e. The molecule has 9 heteroatoms. The van der Waals surface area contributed by atoms with Gasteiger partial charge in [0.1, 0.15) is 23.7 Å². The van der Waals surface area contributed by atoms with Gasteiger partial charge in [0, 0.05) is 13.0 Å². The van der Waals surface area contributed by atoms with E-state index in [1.165, 1.54) is 4.90 Å². The van der Waals surface area contributed by atoms with Crippen LogP contribution in [0.25, 0.3) is 10.8 Å². The molecule has 3 N–H and O–H groups in total. The molecule has 1 aliphatic rings. The van der Waals surface area contributed by atoms with E-state index in [0.717, 1.165) is 16.3 Å². The third-order valence-electron chi connectivity index (χ3n) is 7.12. The third-order valence-corrected chi connectivity index (χ3v) is 7.12. The summed E-state index contributed by atoms with van der Waals surface area (Å²) in [4.78, 5) is 53.8. The van der Waals surface area contributed by atoms with Gasteiger partial charge in [-0.3, -0.25) is 9.59 Å². The van der Waals surface area contributed by atoms with Crippen LogP contribution in [0.2, 0.25) is 0 Å². The van der Waals surface area contributed by atoms with Crippen LogP contribution in [0.4, 0.5) is 4.79 Å². The fourth-order valence-corrected chi connectivity index (χ4v) is 5.13. The number of hydrogen-bond acceptors (Lipinski definition) is 5. The first kappa shape index (κ1) is 31.6. The minimum atomic E-state index is -1.18. The van der Waals surface area contributed by atoms with Gasteiger partial charge >= 0.3 is 12.1 Å². The van der Waals surface area contributed by atoms with Crippen molar-refractivity contribution in [2.24, 2.45) is 11.3 Å². The van der Waals surface area contributed by atoms with E-state index in [9.17, 15) is 24.3 Å². The normalized spacial score (nSPS) is 18.8. The van der Waals surface area contributed by atoms with E-state index in [1.807, 2.05) is 63.2 Å². The number of nitrogens with zero attached hydrogens (tertiary/aromatic N) is 1. The number of carboxylic acids is 1. The van der Waals surface area contributed by atoms with Gasteiger partial charge in [-0.15, -0.1) is 6.58 Å². The van der Waals surface area contributed by atoms with E-state index >= 15 is 0 Å². The van der Waals surface area contributed by atoms with E-state index < -0.39 is 53.0 Å². The van der Waals surface area contributed by atoms with Crippen LogP contribution in [0.15, 0.2) is 55.1 Å². The lowest BCUT2D eigenvalue weighted by atomic mass is 9.85. The van der Waals surface area contributed by atoms with Crippen molar-refractivity contribution in [3.8, 4) is 0 Å². The molecule has 1 aliphatic heterocycles. The highest BCUT2D eigenvalue weighted by molar-refractivity contribution is 5.94. The van der Waals surface area contributed by atoms with Crippen LogP contribution in [0.5, 0.6) is 0 Å². The van der Waals surface area contributed by atoms with Gasteiger partial charge in [0.15, 0.2) is 0 Å². The Morgan fingerprint density at radius 3 is 2.29 bits per heavy atom. The minimum Gasteiger partial charge on any atom is -0.480 e. The van der Waals surface area contributed by atoms with Crippen LogP contribution >= 0.6 is 0 Å². The topological polar surface area (TPSA) is 125 Å². The number of nitrogens with one attached hydrogen (secondary N) is 2. The number of allylic oxidation sites excluding steroid dienone is 1. The highest BCUT2D eigenvalue weighted by atomic mass is 16.6. The van der Waals surface area contributed by atoms with Gasteiger partial charge in [0.25, 0.3) is 0 Å². The molecule has 0 bridgehead atoms. The van der Waals surface area contributed by atoms with Crippen LogP contribution in [-0.4, -0.2) is 64.2 Å². The van der Waals surface area contributed by atoms with Crippen molar-refractivity contribution in [3.63, 3.8) is 0 Å². The second-order valence-corrected chi connectivity index (χ2v) is 12.9. The number of benzene rings is 2. The number of rotatable bonds is 9. The summed E-state index contributed by atoms with van der Waals surface area (Å²) in [7, 11) is 0. The SMILES string of the molecule is C=CC[C@H]1C[C@@H](C(=O)NC(Cc2ccc3ccccc3c2)C(=O)O)N(C(=O)[C@@H](NC(=O)OC(C)(C)C)C(C)(C)C)C1. The zero-order chi connectivity index (χ0) is 30.5.